The van der Waals surface area contributed by atoms with E-state index in [0.29, 0.717) is 44.3 Å². The molecule has 0 saturated carbocycles. The molecule has 0 aromatic heterocycles. The zero-order chi connectivity index (χ0) is 40.2. The number of unbranched alkanes of at least 4 members (excludes halogenated alkanes) is 2. The molecule has 17 heteroatoms. The Morgan fingerprint density at radius 3 is 1.91 bits per heavy atom. The van der Waals surface area contributed by atoms with E-state index in [1.807, 2.05) is 13.8 Å². The normalized spacial score (nSPS) is 21.4. The fourth-order valence-electron chi connectivity index (χ4n) is 5.70. The van der Waals surface area contributed by atoms with E-state index in [1.165, 1.54) is 19.1 Å². The van der Waals surface area contributed by atoms with E-state index in [0.717, 1.165) is 0 Å². The summed E-state index contributed by atoms with van der Waals surface area (Å²) in [7, 11) is 0. The van der Waals surface area contributed by atoms with Crippen LogP contribution in [0.3, 0.4) is 0 Å². The van der Waals surface area contributed by atoms with Crippen LogP contribution in [0.4, 0.5) is 0 Å². The van der Waals surface area contributed by atoms with Gasteiger partial charge in [-0.2, -0.15) is 0 Å². The lowest BCUT2D eigenvalue weighted by Crippen LogP contribution is -2.59. The minimum absolute atomic E-state index is 0.0633. The number of nitrogens with one attached hydrogen (secondary N) is 5. The van der Waals surface area contributed by atoms with Crippen molar-refractivity contribution < 1.29 is 43.4 Å². The molecule has 54 heavy (non-hydrogen) atoms. The molecule has 0 saturated heterocycles. The molecule has 6 atom stereocenters. The molecule has 5 amide bonds. The number of hydrogen-bond acceptors (Lipinski definition) is 11. The maximum absolute atomic E-state index is 14.0. The molecule has 0 fully saturated rings. The summed E-state index contributed by atoms with van der Waals surface area (Å²) in [5, 5.41) is 23.1. The second-order valence-corrected chi connectivity index (χ2v) is 13.8. The second kappa shape index (κ2) is 23.7. The van der Waals surface area contributed by atoms with Crippen molar-refractivity contribution in [3.05, 3.63) is 42.0 Å². The molecule has 12 N–H and O–H groups in total. The number of benzene rings is 1. The average molecular weight is 759 g/mol. The Kier molecular flexibility index (Phi) is 19.9. The maximum Gasteiger partial charge on any atom is 0.326 e. The highest BCUT2D eigenvalue weighted by molar-refractivity contribution is 5.96. The van der Waals surface area contributed by atoms with Crippen LogP contribution in [0.1, 0.15) is 84.1 Å². The van der Waals surface area contributed by atoms with E-state index >= 15 is 0 Å². The van der Waals surface area contributed by atoms with Crippen LogP contribution in [0.25, 0.3) is 0 Å². The van der Waals surface area contributed by atoms with Crippen LogP contribution < -0.4 is 48.5 Å². The Morgan fingerprint density at radius 2 is 1.37 bits per heavy atom. The van der Waals surface area contributed by atoms with Crippen molar-refractivity contribution in [2.24, 2.45) is 23.1 Å². The molecular formula is C37H58N8O9. The lowest BCUT2D eigenvalue weighted by Gasteiger charge is -2.27. The van der Waals surface area contributed by atoms with Gasteiger partial charge < -0.3 is 53.6 Å². The number of carbonyl (C=O) groups excluding carboxylic acids is 6. The Hall–Kier alpha value is -4.87. The van der Waals surface area contributed by atoms with Crippen LogP contribution in [-0.2, 0) is 40.0 Å². The molecule has 0 unspecified atom stereocenters. The molecule has 0 bridgehead atoms. The topological polar surface area (TPSA) is 287 Å². The lowest BCUT2D eigenvalue weighted by atomic mass is 10.0. The van der Waals surface area contributed by atoms with Gasteiger partial charge >= 0.3 is 11.9 Å². The van der Waals surface area contributed by atoms with E-state index in [4.69, 9.17) is 21.9 Å². The minimum Gasteiger partial charge on any atom is -0.480 e. The number of esters is 1. The summed E-state index contributed by atoms with van der Waals surface area (Å²) in [5.74, 6) is -4.93. The molecule has 300 valence electrons. The summed E-state index contributed by atoms with van der Waals surface area (Å²) in [4.78, 5) is 91.3. The van der Waals surface area contributed by atoms with Crippen molar-refractivity contribution in [3.63, 3.8) is 0 Å². The van der Waals surface area contributed by atoms with Crippen LogP contribution in [0.2, 0.25) is 0 Å². The predicted octanol–water partition coefficient (Wildman–Crippen LogP) is -0.356. The first-order chi connectivity index (χ1) is 25.6. The van der Waals surface area contributed by atoms with Crippen molar-refractivity contribution in [3.8, 4) is 5.75 Å². The molecule has 1 aromatic rings. The first-order valence-electron chi connectivity index (χ1n) is 18.5. The van der Waals surface area contributed by atoms with E-state index in [-0.39, 0.29) is 50.2 Å². The quantitative estimate of drug-likeness (QED) is 0.0402. The van der Waals surface area contributed by atoms with Crippen molar-refractivity contribution >= 4 is 41.5 Å². The number of rotatable bonds is 18. The van der Waals surface area contributed by atoms with Gasteiger partial charge in [0.15, 0.2) is 0 Å². The molecular weight excluding hydrogens is 700 g/mol. The summed E-state index contributed by atoms with van der Waals surface area (Å²) < 4.78 is 5.08. The van der Waals surface area contributed by atoms with Gasteiger partial charge in [0.1, 0.15) is 36.0 Å². The number of carboxylic acids is 1. The van der Waals surface area contributed by atoms with Gasteiger partial charge in [0.25, 0.3) is 0 Å². The summed E-state index contributed by atoms with van der Waals surface area (Å²) in [6.45, 7) is 5.61. The monoisotopic (exact) mass is 758 g/mol. The predicted molar refractivity (Wildman–Crippen MR) is 200 cm³/mol. The highest BCUT2D eigenvalue weighted by Crippen LogP contribution is 2.15. The molecule has 0 radical (unpaired) electrons. The fraction of sp³-hybridized carbons (Fsp3) is 0.595. The number of nitrogens with two attached hydrogens (primary N) is 3. The number of ether oxygens (including phenoxy) is 1. The number of aliphatic carboxylic acids is 1. The van der Waals surface area contributed by atoms with Gasteiger partial charge in [-0.15, -0.1) is 0 Å². The van der Waals surface area contributed by atoms with Crippen LogP contribution in [0, 0.1) is 5.92 Å². The summed E-state index contributed by atoms with van der Waals surface area (Å²) in [5.41, 5.74) is 18.0. The third-order valence-corrected chi connectivity index (χ3v) is 8.64. The Labute approximate surface area is 316 Å². The summed E-state index contributed by atoms with van der Waals surface area (Å²) in [6, 6.07) is -0.676. The van der Waals surface area contributed by atoms with Crippen LogP contribution in [0.15, 0.2) is 36.4 Å². The first-order valence-corrected chi connectivity index (χ1v) is 18.5. The molecule has 1 aliphatic heterocycles. The van der Waals surface area contributed by atoms with Crippen molar-refractivity contribution in [2.45, 2.75) is 121 Å². The average Bonchev–Trinajstić information content (AvgIpc) is 3.11. The first kappa shape index (κ1) is 45.3. The fourth-order valence-corrected chi connectivity index (χ4v) is 5.70. The summed E-state index contributed by atoms with van der Waals surface area (Å²) >= 11 is 0. The van der Waals surface area contributed by atoms with E-state index in [1.54, 1.807) is 24.3 Å². The molecule has 0 spiro atoms. The highest BCUT2D eigenvalue weighted by Gasteiger charge is 2.33. The van der Waals surface area contributed by atoms with Gasteiger partial charge in [-0.1, -0.05) is 38.1 Å². The van der Waals surface area contributed by atoms with E-state index < -0.39 is 77.7 Å². The van der Waals surface area contributed by atoms with Gasteiger partial charge in [-0.3, -0.25) is 28.8 Å². The van der Waals surface area contributed by atoms with Crippen LogP contribution in [-0.4, -0.2) is 95.9 Å². The van der Waals surface area contributed by atoms with E-state index in [2.05, 4.69) is 26.6 Å². The SMILES string of the molecule is CC(=O)Oc1ccc(C[C@H](NC(=O)[C@@H]2C/C=C/C[C@H](N)C(=O)N[C@@H](CCCCN)C(=O)N[C@@H](CCCCN)C(=O)N2)C(=O)N[C@@H](CC(C)C)C(=O)O)cc1. The molecule has 1 heterocycles. The number of carbonyl (C=O) groups is 7. The molecule has 1 aromatic carbocycles. The van der Waals surface area contributed by atoms with Gasteiger partial charge in [-0.05, 0) is 94.5 Å². The van der Waals surface area contributed by atoms with Gasteiger partial charge in [-0.25, -0.2) is 4.79 Å². The van der Waals surface area contributed by atoms with Crippen molar-refractivity contribution in [2.75, 3.05) is 13.1 Å². The third kappa shape index (κ3) is 16.4. The maximum atomic E-state index is 14.0. The largest absolute Gasteiger partial charge is 0.480 e. The zero-order valence-electron chi connectivity index (χ0n) is 31.4. The second-order valence-electron chi connectivity index (χ2n) is 13.8. The molecule has 0 aliphatic carbocycles. The molecule has 17 nitrogen and oxygen atoms in total. The van der Waals surface area contributed by atoms with Crippen LogP contribution in [0.5, 0.6) is 5.75 Å². The van der Waals surface area contributed by atoms with Gasteiger partial charge in [0.05, 0.1) is 6.04 Å². The van der Waals surface area contributed by atoms with Gasteiger partial charge in [0, 0.05) is 13.3 Å². The molecule has 2 rings (SSSR count). The summed E-state index contributed by atoms with van der Waals surface area (Å²) in [6.07, 6.45) is 5.82. The standard InChI is InChI=1S/C37H58N8O9/c1-22(2)20-31(37(52)53)45-36(51)30(21-24-14-16-25(17-15-24)54-23(3)46)44-35(50)28-11-5-4-10-26(40)32(47)41-27(12-6-8-18-38)33(48)43-29(34(49)42-28)13-7-9-19-39/h4-5,14-17,22,26-31H,6-13,18-21,38-40H2,1-3H3,(H,41,47)(H,42,49)(H,43,48)(H,44,50)(H,45,51)(H,52,53)/b5-4+/t26-,27-,28-,29-,30-,31-/m0/s1. The smallest absolute Gasteiger partial charge is 0.326 e. The Bertz CT molecular complexity index is 1450. The Balaban J connectivity index is 2.46. The Morgan fingerprint density at radius 1 is 0.815 bits per heavy atom. The lowest BCUT2D eigenvalue weighted by molar-refractivity contribution is -0.142. The number of carboxylic acid groups (broad SMARTS) is 1. The molecule has 1 aliphatic rings. The zero-order valence-corrected chi connectivity index (χ0v) is 31.4. The van der Waals surface area contributed by atoms with Crippen molar-refractivity contribution in [1.82, 2.24) is 26.6 Å². The van der Waals surface area contributed by atoms with Gasteiger partial charge in [0.2, 0.25) is 29.5 Å². The number of amides is 5. The van der Waals surface area contributed by atoms with E-state index in [9.17, 15) is 38.7 Å². The van der Waals surface area contributed by atoms with Crippen LogP contribution >= 0.6 is 0 Å². The minimum atomic E-state index is -1.30. The number of hydrogen-bond donors (Lipinski definition) is 9. The third-order valence-electron chi connectivity index (χ3n) is 8.64. The highest BCUT2D eigenvalue weighted by atomic mass is 16.5. The van der Waals surface area contributed by atoms with Crippen molar-refractivity contribution in [1.29, 1.82) is 0 Å².